The molecule has 3 heteroatoms. The molecule has 1 aromatic heterocycles. The van der Waals surface area contributed by atoms with Gasteiger partial charge in [-0.05, 0) is 24.6 Å². The molecule has 0 bridgehead atoms. The topological polar surface area (TPSA) is 48.7 Å². The van der Waals surface area contributed by atoms with Crippen LogP contribution in [0.15, 0.2) is 24.5 Å². The van der Waals surface area contributed by atoms with Crippen LogP contribution in [0.2, 0.25) is 0 Å². The Morgan fingerprint density at radius 3 is 2.83 bits per heavy atom. The Hall–Kier alpha value is -1.40. The summed E-state index contributed by atoms with van der Waals surface area (Å²) in [6.07, 6.45) is 3.49. The van der Waals surface area contributed by atoms with Crippen molar-refractivity contribution in [2.24, 2.45) is 0 Å². The lowest BCUT2D eigenvalue weighted by molar-refractivity contribution is 0.642. The smallest absolute Gasteiger partial charge is 0.0927 e. The average molecular weight is 161 g/mol. The predicted molar refractivity (Wildman–Crippen MR) is 46.2 cm³/mol. The van der Waals surface area contributed by atoms with Crippen LogP contribution in [0.5, 0.6) is 0 Å². The van der Waals surface area contributed by atoms with Gasteiger partial charge in [0.15, 0.2) is 0 Å². The van der Waals surface area contributed by atoms with Gasteiger partial charge < -0.3 is 0 Å². The largest absolute Gasteiger partial charge is 0.298 e. The first kappa shape index (κ1) is 8.69. The zero-order valence-electron chi connectivity index (χ0n) is 6.99. The van der Waals surface area contributed by atoms with Crippen LogP contribution in [0, 0.1) is 11.3 Å². The average Bonchev–Trinajstić information content (AvgIpc) is 2.16. The molecule has 1 heterocycles. The number of hydrogen-bond donors (Lipinski definition) is 1. The Labute approximate surface area is 72.1 Å². The Balaban J connectivity index is 2.40. The van der Waals surface area contributed by atoms with Gasteiger partial charge in [0.25, 0.3) is 0 Å². The summed E-state index contributed by atoms with van der Waals surface area (Å²) in [5, 5.41) is 11.5. The standard InChI is InChI=1S/C9H11N3/c1-8(6-10)12-7-9-2-4-11-5-3-9/h2-5,8,12H,7H2,1H3. The van der Waals surface area contributed by atoms with Gasteiger partial charge in [-0.3, -0.25) is 10.3 Å². The highest BCUT2D eigenvalue weighted by molar-refractivity contribution is 5.09. The van der Waals surface area contributed by atoms with Crippen LogP contribution in [-0.4, -0.2) is 11.0 Å². The molecule has 0 aliphatic carbocycles. The van der Waals surface area contributed by atoms with Crippen molar-refractivity contribution in [1.82, 2.24) is 10.3 Å². The van der Waals surface area contributed by atoms with Crippen molar-refractivity contribution in [3.63, 3.8) is 0 Å². The van der Waals surface area contributed by atoms with Crippen LogP contribution < -0.4 is 5.32 Å². The fourth-order valence-electron chi connectivity index (χ4n) is 0.817. The maximum Gasteiger partial charge on any atom is 0.0927 e. The van der Waals surface area contributed by atoms with Crippen LogP contribution in [0.25, 0.3) is 0 Å². The molecule has 0 aliphatic heterocycles. The van der Waals surface area contributed by atoms with Crippen molar-refractivity contribution in [3.05, 3.63) is 30.1 Å². The molecule has 0 saturated heterocycles. The number of hydrogen-bond acceptors (Lipinski definition) is 3. The minimum absolute atomic E-state index is 0.0989. The van der Waals surface area contributed by atoms with E-state index in [1.54, 1.807) is 12.4 Å². The minimum Gasteiger partial charge on any atom is -0.298 e. The van der Waals surface area contributed by atoms with Gasteiger partial charge in [-0.15, -0.1) is 0 Å². The van der Waals surface area contributed by atoms with Gasteiger partial charge in [-0.25, -0.2) is 0 Å². The van der Waals surface area contributed by atoms with Crippen LogP contribution in [-0.2, 0) is 6.54 Å². The van der Waals surface area contributed by atoms with Gasteiger partial charge in [-0.2, -0.15) is 5.26 Å². The molecule has 1 unspecified atom stereocenters. The highest BCUT2D eigenvalue weighted by Crippen LogP contribution is 1.95. The van der Waals surface area contributed by atoms with Gasteiger partial charge in [-0.1, -0.05) is 0 Å². The van der Waals surface area contributed by atoms with E-state index in [9.17, 15) is 0 Å². The third kappa shape index (κ3) is 2.69. The Bertz CT molecular complexity index is 263. The maximum absolute atomic E-state index is 8.49. The van der Waals surface area contributed by atoms with Gasteiger partial charge in [0.05, 0.1) is 12.1 Å². The second-order valence-corrected chi connectivity index (χ2v) is 2.59. The van der Waals surface area contributed by atoms with Crippen molar-refractivity contribution in [2.45, 2.75) is 19.5 Å². The molecule has 12 heavy (non-hydrogen) atoms. The molecule has 1 N–H and O–H groups in total. The Morgan fingerprint density at radius 2 is 2.25 bits per heavy atom. The van der Waals surface area contributed by atoms with E-state index < -0.39 is 0 Å². The second kappa shape index (κ2) is 4.47. The number of nitriles is 1. The summed E-state index contributed by atoms with van der Waals surface area (Å²) in [7, 11) is 0. The van der Waals surface area contributed by atoms with Gasteiger partial charge in [0.2, 0.25) is 0 Å². The van der Waals surface area contributed by atoms with Gasteiger partial charge in [0.1, 0.15) is 0 Å². The molecule has 3 nitrogen and oxygen atoms in total. The van der Waals surface area contributed by atoms with Gasteiger partial charge in [0, 0.05) is 18.9 Å². The number of nitrogens with one attached hydrogen (secondary N) is 1. The molecule has 0 radical (unpaired) electrons. The summed E-state index contributed by atoms with van der Waals surface area (Å²) in [6, 6.07) is 5.86. The fraction of sp³-hybridized carbons (Fsp3) is 0.333. The lowest BCUT2D eigenvalue weighted by Crippen LogP contribution is -2.23. The monoisotopic (exact) mass is 161 g/mol. The van der Waals surface area contributed by atoms with E-state index in [2.05, 4.69) is 16.4 Å². The minimum atomic E-state index is -0.0989. The van der Waals surface area contributed by atoms with Crippen LogP contribution >= 0.6 is 0 Å². The zero-order valence-corrected chi connectivity index (χ0v) is 6.99. The fourth-order valence-corrected chi connectivity index (χ4v) is 0.817. The molecule has 1 atom stereocenters. The van der Waals surface area contributed by atoms with E-state index in [1.807, 2.05) is 19.1 Å². The highest BCUT2D eigenvalue weighted by Gasteiger charge is 1.96. The molecular weight excluding hydrogens is 150 g/mol. The molecule has 0 aromatic carbocycles. The van der Waals surface area contributed by atoms with E-state index in [0.717, 1.165) is 12.1 Å². The molecule has 0 saturated carbocycles. The third-order valence-electron chi connectivity index (χ3n) is 1.56. The third-order valence-corrected chi connectivity index (χ3v) is 1.56. The van der Waals surface area contributed by atoms with Crippen molar-refractivity contribution >= 4 is 0 Å². The van der Waals surface area contributed by atoms with Crippen molar-refractivity contribution < 1.29 is 0 Å². The molecular formula is C9H11N3. The summed E-state index contributed by atoms with van der Waals surface area (Å²) in [5.74, 6) is 0. The number of nitrogens with zero attached hydrogens (tertiary/aromatic N) is 2. The second-order valence-electron chi connectivity index (χ2n) is 2.59. The SMILES string of the molecule is CC(C#N)NCc1ccncc1. The quantitative estimate of drug-likeness (QED) is 0.721. The lowest BCUT2D eigenvalue weighted by atomic mass is 10.2. The van der Waals surface area contributed by atoms with Crippen molar-refractivity contribution in [3.8, 4) is 6.07 Å². The molecule has 1 rings (SSSR count). The lowest BCUT2D eigenvalue weighted by Gasteiger charge is -2.04. The molecule has 0 fully saturated rings. The van der Waals surface area contributed by atoms with E-state index in [0.29, 0.717) is 0 Å². The summed E-state index contributed by atoms with van der Waals surface area (Å²) in [5.41, 5.74) is 1.15. The first-order chi connectivity index (χ1) is 5.83. The van der Waals surface area contributed by atoms with E-state index in [4.69, 9.17) is 5.26 Å². The van der Waals surface area contributed by atoms with Crippen molar-refractivity contribution in [1.29, 1.82) is 5.26 Å². The summed E-state index contributed by atoms with van der Waals surface area (Å²) >= 11 is 0. The number of pyridine rings is 1. The molecule has 62 valence electrons. The summed E-state index contributed by atoms with van der Waals surface area (Å²) in [4.78, 5) is 3.90. The summed E-state index contributed by atoms with van der Waals surface area (Å²) in [6.45, 7) is 2.55. The number of aromatic nitrogens is 1. The normalized spacial score (nSPS) is 12.0. The zero-order chi connectivity index (χ0) is 8.81. The van der Waals surface area contributed by atoms with Crippen LogP contribution in [0.3, 0.4) is 0 Å². The Kier molecular flexibility index (Phi) is 3.24. The summed E-state index contributed by atoms with van der Waals surface area (Å²) < 4.78 is 0. The van der Waals surface area contributed by atoms with E-state index >= 15 is 0 Å². The first-order valence-electron chi connectivity index (χ1n) is 3.85. The predicted octanol–water partition coefficient (Wildman–Crippen LogP) is 1.08. The van der Waals surface area contributed by atoms with Crippen molar-refractivity contribution in [2.75, 3.05) is 0 Å². The van der Waals surface area contributed by atoms with Crippen LogP contribution in [0.4, 0.5) is 0 Å². The maximum atomic E-state index is 8.49. The number of rotatable bonds is 3. The molecule has 1 aromatic rings. The molecule has 0 aliphatic rings. The molecule has 0 amide bonds. The first-order valence-corrected chi connectivity index (χ1v) is 3.85. The van der Waals surface area contributed by atoms with E-state index in [1.165, 1.54) is 0 Å². The van der Waals surface area contributed by atoms with Crippen LogP contribution in [0.1, 0.15) is 12.5 Å². The van der Waals surface area contributed by atoms with Gasteiger partial charge >= 0.3 is 0 Å². The van der Waals surface area contributed by atoms with E-state index in [-0.39, 0.29) is 6.04 Å². The molecule has 0 spiro atoms. The highest BCUT2D eigenvalue weighted by atomic mass is 14.9. The Morgan fingerprint density at radius 1 is 1.58 bits per heavy atom.